The van der Waals surface area contributed by atoms with Crippen LogP contribution in [0.1, 0.15) is 5.56 Å². The van der Waals surface area contributed by atoms with E-state index in [1.807, 2.05) is 30.3 Å². The Hall–Kier alpha value is -2.44. The van der Waals surface area contributed by atoms with Crippen molar-refractivity contribution in [2.24, 2.45) is 0 Å². The maximum atomic E-state index is 9.41. The van der Waals surface area contributed by atoms with E-state index < -0.39 is 0 Å². The van der Waals surface area contributed by atoms with Crippen molar-refractivity contribution in [2.75, 3.05) is 0 Å². The molecule has 2 aromatic carbocycles. The molecule has 0 radical (unpaired) electrons. The Labute approximate surface area is 113 Å². The normalized spacial score (nSPS) is 11.1. The van der Waals surface area contributed by atoms with E-state index in [1.165, 1.54) is 4.70 Å². The third-order valence-electron chi connectivity index (χ3n) is 3.34. The molecule has 2 heterocycles. The zero-order valence-electron chi connectivity index (χ0n) is 9.92. The largest absolute Gasteiger partial charge is 0.255 e. The van der Waals surface area contributed by atoms with Crippen LogP contribution in [0.3, 0.4) is 0 Å². The van der Waals surface area contributed by atoms with Crippen molar-refractivity contribution >= 4 is 42.4 Å². The zero-order chi connectivity index (χ0) is 12.8. The topological polar surface area (TPSA) is 36.7 Å². The summed E-state index contributed by atoms with van der Waals surface area (Å²) in [5.74, 6) is 0. The van der Waals surface area contributed by atoms with Crippen molar-refractivity contribution in [2.45, 2.75) is 0 Å². The molecule has 0 aliphatic rings. The molecule has 0 aliphatic carbocycles. The van der Waals surface area contributed by atoms with Gasteiger partial charge in [-0.1, -0.05) is 24.3 Å². The average molecular weight is 260 g/mol. The standard InChI is InChI=1S/C16H8N2S/c17-9-11-8-10-4-3-7-18-15(10)16-14(11)12-5-1-2-6-13(12)19-16/h1-8H. The summed E-state index contributed by atoms with van der Waals surface area (Å²) in [6, 6.07) is 16.4. The van der Waals surface area contributed by atoms with Gasteiger partial charge in [-0.3, -0.25) is 4.98 Å². The lowest BCUT2D eigenvalue weighted by Gasteiger charge is -2.00. The number of hydrogen-bond acceptors (Lipinski definition) is 3. The van der Waals surface area contributed by atoms with Crippen LogP contribution < -0.4 is 0 Å². The Balaban J connectivity index is 2.39. The molecule has 19 heavy (non-hydrogen) atoms. The molecule has 0 fully saturated rings. The summed E-state index contributed by atoms with van der Waals surface area (Å²) in [6.07, 6.45) is 1.80. The highest BCUT2D eigenvalue weighted by molar-refractivity contribution is 7.26. The van der Waals surface area contributed by atoms with Crippen LogP contribution in [0.15, 0.2) is 48.7 Å². The minimum Gasteiger partial charge on any atom is -0.255 e. The third-order valence-corrected chi connectivity index (χ3v) is 4.52. The van der Waals surface area contributed by atoms with Gasteiger partial charge in [-0.05, 0) is 18.2 Å². The van der Waals surface area contributed by atoms with Gasteiger partial charge in [0.15, 0.2) is 0 Å². The van der Waals surface area contributed by atoms with Crippen LogP contribution in [0.4, 0.5) is 0 Å². The van der Waals surface area contributed by atoms with E-state index in [-0.39, 0.29) is 0 Å². The molecule has 2 nitrogen and oxygen atoms in total. The number of nitriles is 1. The lowest BCUT2D eigenvalue weighted by Crippen LogP contribution is -1.82. The highest BCUT2D eigenvalue weighted by Gasteiger charge is 2.13. The Morgan fingerprint density at radius 1 is 1.11 bits per heavy atom. The lowest BCUT2D eigenvalue weighted by molar-refractivity contribution is 1.43. The number of rotatable bonds is 0. The van der Waals surface area contributed by atoms with Crippen molar-refractivity contribution in [3.8, 4) is 6.07 Å². The maximum absolute atomic E-state index is 9.41. The first-order valence-electron chi connectivity index (χ1n) is 5.97. The molecular formula is C16H8N2S. The first-order chi connectivity index (χ1) is 9.38. The van der Waals surface area contributed by atoms with Gasteiger partial charge in [0.1, 0.15) is 0 Å². The highest BCUT2D eigenvalue weighted by Crippen LogP contribution is 2.39. The van der Waals surface area contributed by atoms with Gasteiger partial charge in [-0.15, -0.1) is 11.3 Å². The van der Waals surface area contributed by atoms with E-state index in [1.54, 1.807) is 17.5 Å². The molecule has 0 saturated heterocycles. The van der Waals surface area contributed by atoms with Crippen molar-refractivity contribution in [1.29, 1.82) is 5.26 Å². The zero-order valence-corrected chi connectivity index (χ0v) is 10.7. The second-order valence-electron chi connectivity index (χ2n) is 4.41. The fraction of sp³-hybridized carbons (Fsp3) is 0. The Morgan fingerprint density at radius 2 is 2.00 bits per heavy atom. The van der Waals surface area contributed by atoms with E-state index in [9.17, 15) is 5.26 Å². The molecule has 4 rings (SSSR count). The van der Waals surface area contributed by atoms with Crippen LogP contribution in [-0.4, -0.2) is 4.98 Å². The van der Waals surface area contributed by atoms with Gasteiger partial charge >= 0.3 is 0 Å². The predicted octanol–water partition coefficient (Wildman–Crippen LogP) is 4.47. The molecule has 88 valence electrons. The van der Waals surface area contributed by atoms with Crippen molar-refractivity contribution in [1.82, 2.24) is 4.98 Å². The van der Waals surface area contributed by atoms with Crippen molar-refractivity contribution in [3.63, 3.8) is 0 Å². The molecule has 0 atom stereocenters. The van der Waals surface area contributed by atoms with Gasteiger partial charge < -0.3 is 0 Å². The number of thiophene rings is 1. The van der Waals surface area contributed by atoms with E-state index in [0.717, 1.165) is 31.9 Å². The molecular weight excluding hydrogens is 252 g/mol. The average Bonchev–Trinajstić information content (AvgIpc) is 2.86. The van der Waals surface area contributed by atoms with E-state index in [2.05, 4.69) is 23.2 Å². The number of aromatic nitrogens is 1. The van der Waals surface area contributed by atoms with Gasteiger partial charge in [0.05, 0.1) is 21.8 Å². The first-order valence-corrected chi connectivity index (χ1v) is 6.79. The second kappa shape index (κ2) is 3.78. The minimum atomic E-state index is 0.730. The molecule has 0 N–H and O–H groups in total. The molecule has 0 spiro atoms. The second-order valence-corrected chi connectivity index (χ2v) is 5.47. The molecule has 0 bridgehead atoms. The summed E-state index contributed by atoms with van der Waals surface area (Å²) < 4.78 is 2.31. The molecule has 4 aromatic rings. The Kier molecular flexibility index (Phi) is 2.08. The van der Waals surface area contributed by atoms with E-state index in [4.69, 9.17) is 0 Å². The van der Waals surface area contributed by atoms with E-state index >= 15 is 0 Å². The van der Waals surface area contributed by atoms with Crippen LogP contribution in [0.25, 0.3) is 31.1 Å². The summed E-state index contributed by atoms with van der Waals surface area (Å²) >= 11 is 1.71. The lowest BCUT2D eigenvalue weighted by atomic mass is 10.0. The van der Waals surface area contributed by atoms with Crippen LogP contribution in [0.5, 0.6) is 0 Å². The monoisotopic (exact) mass is 260 g/mol. The summed E-state index contributed by atoms with van der Waals surface area (Å²) in [6.45, 7) is 0. The molecule has 0 aliphatic heterocycles. The van der Waals surface area contributed by atoms with Crippen molar-refractivity contribution in [3.05, 3.63) is 54.2 Å². The van der Waals surface area contributed by atoms with Gasteiger partial charge in [-0.25, -0.2) is 0 Å². The highest BCUT2D eigenvalue weighted by atomic mass is 32.1. The summed E-state index contributed by atoms with van der Waals surface area (Å²) in [5, 5.41) is 12.6. The Bertz CT molecular complexity index is 976. The van der Waals surface area contributed by atoms with Gasteiger partial charge in [0.25, 0.3) is 0 Å². The Morgan fingerprint density at radius 3 is 2.89 bits per heavy atom. The van der Waals surface area contributed by atoms with Crippen molar-refractivity contribution < 1.29 is 0 Å². The number of fused-ring (bicyclic) bond motifs is 5. The molecule has 0 unspecified atom stereocenters. The van der Waals surface area contributed by atoms with E-state index in [0.29, 0.717) is 0 Å². The van der Waals surface area contributed by atoms with Gasteiger partial charge in [-0.2, -0.15) is 5.26 Å². The first kappa shape index (κ1) is 10.5. The number of pyridine rings is 1. The van der Waals surface area contributed by atoms with Gasteiger partial charge in [0.2, 0.25) is 0 Å². The predicted molar refractivity (Wildman–Crippen MR) is 79.3 cm³/mol. The molecule has 2 aromatic heterocycles. The summed E-state index contributed by atoms with van der Waals surface area (Å²) in [5.41, 5.74) is 1.71. The summed E-state index contributed by atoms with van der Waals surface area (Å²) in [7, 11) is 0. The number of benzene rings is 2. The van der Waals surface area contributed by atoms with Gasteiger partial charge in [0, 0.05) is 27.1 Å². The van der Waals surface area contributed by atoms with Crippen LogP contribution in [-0.2, 0) is 0 Å². The molecule has 3 heteroatoms. The summed E-state index contributed by atoms with van der Waals surface area (Å²) in [4.78, 5) is 4.48. The number of nitrogens with zero attached hydrogens (tertiary/aromatic N) is 2. The van der Waals surface area contributed by atoms with Crippen LogP contribution >= 0.6 is 11.3 Å². The smallest absolute Gasteiger partial charge is 0.0998 e. The fourth-order valence-electron chi connectivity index (χ4n) is 2.52. The van der Waals surface area contributed by atoms with Crippen LogP contribution in [0, 0.1) is 11.3 Å². The SMILES string of the molecule is N#Cc1cc2cccnc2c2sc3ccccc3c12. The quantitative estimate of drug-likeness (QED) is 0.467. The third kappa shape index (κ3) is 1.38. The fourth-order valence-corrected chi connectivity index (χ4v) is 3.76. The number of hydrogen-bond donors (Lipinski definition) is 0. The molecule has 0 saturated carbocycles. The minimum absolute atomic E-state index is 0.730. The molecule has 0 amide bonds. The maximum Gasteiger partial charge on any atom is 0.0998 e. The van der Waals surface area contributed by atoms with Crippen LogP contribution in [0.2, 0.25) is 0 Å².